The van der Waals surface area contributed by atoms with Crippen molar-refractivity contribution in [3.63, 3.8) is 0 Å². The van der Waals surface area contributed by atoms with Gasteiger partial charge in [0.25, 0.3) is 0 Å². The summed E-state index contributed by atoms with van der Waals surface area (Å²) in [5.74, 6) is -13.5. The number of aliphatic carboxylic acids is 1. The molecule has 0 aliphatic carbocycles. The summed E-state index contributed by atoms with van der Waals surface area (Å²) in [4.78, 5) is 9.45. The zero-order chi connectivity index (χ0) is 9.28. The topological polar surface area (TPSA) is 61.1 Å². The van der Waals surface area contributed by atoms with Gasteiger partial charge in [0.05, 0.1) is 0 Å². The number of nitriles is 1. The molecule has 8 heteroatoms. The number of alkyl halides is 4. The zero-order valence-corrected chi connectivity index (χ0v) is 4.81. The van der Waals surface area contributed by atoms with Crippen LogP contribution in [0.15, 0.2) is 0 Å². The van der Waals surface area contributed by atoms with E-state index in [1.165, 1.54) is 0 Å². The SMILES string of the molecule is N#CC(F)(F)C(F)(F)C(=O)O.[CaH2]. The third-order valence-electron chi connectivity index (χ3n) is 0.803. The van der Waals surface area contributed by atoms with Crippen molar-refractivity contribution in [1.29, 1.82) is 5.26 Å². The number of carbonyl (C=O) groups is 1. The molecular formula is C4H3CaF4NO2. The summed E-state index contributed by atoms with van der Waals surface area (Å²) >= 11 is 0. The molecule has 66 valence electrons. The monoisotopic (exact) mass is 213 g/mol. The molecule has 0 bridgehead atoms. The van der Waals surface area contributed by atoms with E-state index in [9.17, 15) is 22.4 Å². The normalized spacial score (nSPS) is 11.2. The van der Waals surface area contributed by atoms with Crippen molar-refractivity contribution < 1.29 is 27.5 Å². The number of hydrogen-bond donors (Lipinski definition) is 1. The van der Waals surface area contributed by atoms with Crippen molar-refractivity contribution >= 4 is 43.7 Å². The summed E-state index contributed by atoms with van der Waals surface area (Å²) in [6, 6.07) is -0.101. The fourth-order valence-electron chi connectivity index (χ4n) is 0.205. The number of carboxylic acid groups (broad SMARTS) is 1. The molecule has 3 nitrogen and oxygen atoms in total. The number of rotatable bonds is 2. The summed E-state index contributed by atoms with van der Waals surface area (Å²) in [6.07, 6.45) is 0. The Balaban J connectivity index is 0. The Morgan fingerprint density at radius 1 is 1.33 bits per heavy atom. The summed E-state index contributed by atoms with van der Waals surface area (Å²) < 4.78 is 46.9. The second-order valence-corrected chi connectivity index (χ2v) is 1.57. The summed E-state index contributed by atoms with van der Waals surface area (Å²) in [5.41, 5.74) is 0. The van der Waals surface area contributed by atoms with Gasteiger partial charge in [-0.15, -0.1) is 0 Å². The molecule has 0 saturated carbocycles. The molecule has 0 unspecified atom stereocenters. The molecule has 1 N–H and O–H groups in total. The van der Waals surface area contributed by atoms with E-state index in [1.54, 1.807) is 0 Å². The number of halogens is 4. The third kappa shape index (κ3) is 2.47. The zero-order valence-electron chi connectivity index (χ0n) is 4.81. The van der Waals surface area contributed by atoms with Gasteiger partial charge in [0.1, 0.15) is 6.07 Å². The van der Waals surface area contributed by atoms with E-state index in [-0.39, 0.29) is 43.8 Å². The van der Waals surface area contributed by atoms with Crippen LogP contribution < -0.4 is 0 Å². The molecule has 0 radical (unpaired) electrons. The molecule has 0 aromatic rings. The standard InChI is InChI=1S/C4HF4NO2.Ca.2H/c5-3(6,1-9)4(7,8)2(10)11;;;/h(H,10,11);;;. The first-order chi connectivity index (χ1) is 4.75. The van der Waals surface area contributed by atoms with E-state index in [0.717, 1.165) is 0 Å². The van der Waals surface area contributed by atoms with Gasteiger partial charge < -0.3 is 5.11 Å². The van der Waals surface area contributed by atoms with Crippen molar-refractivity contribution in [2.75, 3.05) is 0 Å². The molecule has 0 aliphatic heterocycles. The third-order valence-corrected chi connectivity index (χ3v) is 0.803. The van der Waals surface area contributed by atoms with E-state index in [0.29, 0.717) is 0 Å². The second-order valence-electron chi connectivity index (χ2n) is 1.57. The van der Waals surface area contributed by atoms with Crippen LogP contribution in [-0.4, -0.2) is 60.7 Å². The first-order valence-corrected chi connectivity index (χ1v) is 2.16. The predicted octanol–water partition coefficient (Wildman–Crippen LogP) is -0.0510. The Labute approximate surface area is 94.0 Å². The van der Waals surface area contributed by atoms with Crippen molar-refractivity contribution in [3.05, 3.63) is 0 Å². The average Bonchev–Trinajstić information content (AvgIpc) is 1.87. The molecule has 0 atom stereocenters. The molecular weight excluding hydrogens is 210 g/mol. The Morgan fingerprint density at radius 3 is 1.75 bits per heavy atom. The number of hydrogen-bond acceptors (Lipinski definition) is 2. The van der Waals surface area contributed by atoms with E-state index < -0.39 is 17.8 Å². The van der Waals surface area contributed by atoms with Gasteiger partial charge in [-0.1, -0.05) is 0 Å². The molecule has 0 aromatic carbocycles. The minimum atomic E-state index is -5.33. The van der Waals surface area contributed by atoms with Crippen molar-refractivity contribution in [3.8, 4) is 6.07 Å². The van der Waals surface area contributed by atoms with E-state index >= 15 is 0 Å². The van der Waals surface area contributed by atoms with Crippen LogP contribution >= 0.6 is 0 Å². The first kappa shape index (κ1) is 14.5. The van der Waals surface area contributed by atoms with Crippen molar-refractivity contribution in [2.24, 2.45) is 0 Å². The number of nitrogens with zero attached hydrogens (tertiary/aromatic N) is 1. The van der Waals surface area contributed by atoms with Gasteiger partial charge in [0.2, 0.25) is 0 Å². The van der Waals surface area contributed by atoms with Gasteiger partial charge in [-0.2, -0.15) is 22.8 Å². The van der Waals surface area contributed by atoms with Gasteiger partial charge in [0, 0.05) is 0 Å². The molecule has 0 aromatic heterocycles. The molecule has 0 fully saturated rings. The first-order valence-electron chi connectivity index (χ1n) is 2.16. The predicted molar refractivity (Wildman–Crippen MR) is 31.7 cm³/mol. The van der Waals surface area contributed by atoms with Crippen molar-refractivity contribution in [2.45, 2.75) is 11.8 Å². The van der Waals surface area contributed by atoms with Crippen LogP contribution in [0.25, 0.3) is 0 Å². The van der Waals surface area contributed by atoms with Gasteiger partial charge in [-0.25, -0.2) is 4.79 Å². The van der Waals surface area contributed by atoms with E-state index in [2.05, 4.69) is 0 Å². The maximum atomic E-state index is 11.8. The van der Waals surface area contributed by atoms with Gasteiger partial charge in [0.15, 0.2) is 0 Å². The van der Waals surface area contributed by atoms with Crippen LogP contribution in [0, 0.1) is 11.3 Å². The van der Waals surface area contributed by atoms with Crippen LogP contribution in [0.2, 0.25) is 0 Å². The van der Waals surface area contributed by atoms with E-state index in [1.807, 2.05) is 0 Å². The van der Waals surface area contributed by atoms with Crippen LogP contribution in [0.1, 0.15) is 0 Å². The van der Waals surface area contributed by atoms with Gasteiger partial charge in [-0.3, -0.25) is 0 Å². The molecule has 0 aliphatic rings. The van der Waals surface area contributed by atoms with Gasteiger partial charge >= 0.3 is 55.6 Å². The molecule has 0 amide bonds. The quantitative estimate of drug-likeness (QED) is 0.516. The summed E-state index contributed by atoms with van der Waals surface area (Å²) in [5, 5.41) is 15.0. The summed E-state index contributed by atoms with van der Waals surface area (Å²) in [6.45, 7) is 0. The van der Waals surface area contributed by atoms with Crippen LogP contribution in [0.4, 0.5) is 17.6 Å². The Kier molecular flexibility index (Phi) is 5.13. The fraction of sp³-hybridized carbons (Fsp3) is 0.500. The molecule has 0 spiro atoms. The molecule has 0 saturated heterocycles. The van der Waals surface area contributed by atoms with Crippen LogP contribution in [-0.2, 0) is 4.79 Å². The maximum absolute atomic E-state index is 11.8. The summed E-state index contributed by atoms with van der Waals surface area (Å²) in [7, 11) is 0. The molecule has 0 rings (SSSR count). The van der Waals surface area contributed by atoms with Crippen LogP contribution in [0.5, 0.6) is 0 Å². The molecule has 0 heterocycles. The van der Waals surface area contributed by atoms with Gasteiger partial charge in [-0.05, 0) is 0 Å². The van der Waals surface area contributed by atoms with E-state index in [4.69, 9.17) is 10.4 Å². The Morgan fingerprint density at radius 2 is 1.67 bits per heavy atom. The Bertz CT molecular complexity index is 224. The average molecular weight is 213 g/mol. The van der Waals surface area contributed by atoms with Crippen molar-refractivity contribution in [1.82, 2.24) is 0 Å². The second kappa shape index (κ2) is 4.25. The van der Waals surface area contributed by atoms with Crippen LogP contribution in [0.3, 0.4) is 0 Å². The molecule has 12 heavy (non-hydrogen) atoms. The minimum absolute atomic E-state index is 0. The Hall–Kier alpha value is -0.0603. The number of carboxylic acids is 1. The fourth-order valence-corrected chi connectivity index (χ4v) is 0.205.